The van der Waals surface area contributed by atoms with Gasteiger partial charge in [-0.1, -0.05) is 23.7 Å². The maximum absolute atomic E-state index is 11.9. The van der Waals surface area contributed by atoms with Gasteiger partial charge in [-0.25, -0.2) is 0 Å². The molecule has 1 heterocycles. The molecule has 1 atom stereocenters. The first kappa shape index (κ1) is 10.2. The highest BCUT2D eigenvalue weighted by atomic mass is 35.5. The summed E-state index contributed by atoms with van der Waals surface area (Å²) >= 11 is 5.76. The van der Waals surface area contributed by atoms with Crippen LogP contribution in [0.4, 0.5) is 0 Å². The van der Waals surface area contributed by atoms with Crippen LogP contribution >= 0.6 is 11.6 Å². The molecule has 2 rings (SSSR count). The van der Waals surface area contributed by atoms with Gasteiger partial charge in [-0.15, -0.1) is 0 Å². The third-order valence-corrected chi connectivity index (χ3v) is 2.60. The van der Waals surface area contributed by atoms with Crippen molar-refractivity contribution in [2.45, 2.75) is 6.42 Å². The van der Waals surface area contributed by atoms with Crippen molar-refractivity contribution in [1.29, 1.82) is 0 Å². The number of hydrogen-bond donors (Lipinski definition) is 0. The molecule has 1 fully saturated rings. The Bertz CT molecular complexity index is 414. The van der Waals surface area contributed by atoms with Crippen LogP contribution in [-0.2, 0) is 9.53 Å². The molecule has 1 aromatic carbocycles. The monoisotopic (exact) mass is 224 g/mol. The van der Waals surface area contributed by atoms with Gasteiger partial charge < -0.3 is 4.74 Å². The fraction of sp³-hybridized carbons (Fsp3) is 0.273. The van der Waals surface area contributed by atoms with Gasteiger partial charge in [0, 0.05) is 17.0 Å². The summed E-state index contributed by atoms with van der Waals surface area (Å²) in [7, 11) is 0. The molecule has 1 saturated heterocycles. The molecule has 1 aliphatic heterocycles. The first-order valence-corrected chi connectivity index (χ1v) is 5.02. The Morgan fingerprint density at radius 3 is 2.87 bits per heavy atom. The maximum atomic E-state index is 11.9. The van der Waals surface area contributed by atoms with Gasteiger partial charge in [0.05, 0.1) is 6.61 Å². The number of ketones is 1. The van der Waals surface area contributed by atoms with Crippen LogP contribution in [-0.4, -0.2) is 18.4 Å². The van der Waals surface area contributed by atoms with Crippen LogP contribution in [0.5, 0.6) is 0 Å². The van der Waals surface area contributed by atoms with Crippen molar-refractivity contribution in [2.75, 3.05) is 6.61 Å². The van der Waals surface area contributed by atoms with Crippen molar-refractivity contribution in [3.8, 4) is 0 Å². The second kappa shape index (κ2) is 4.03. The summed E-state index contributed by atoms with van der Waals surface area (Å²) in [6.45, 7) is 0.329. The van der Waals surface area contributed by atoms with Crippen LogP contribution < -0.4 is 0 Å². The van der Waals surface area contributed by atoms with E-state index in [1.165, 1.54) is 0 Å². The molecular weight excluding hydrogens is 216 g/mol. The van der Waals surface area contributed by atoms with E-state index in [4.69, 9.17) is 16.3 Å². The number of benzene rings is 1. The number of esters is 1. The van der Waals surface area contributed by atoms with Crippen LogP contribution in [0.3, 0.4) is 0 Å². The molecule has 1 aromatic rings. The zero-order valence-electron chi connectivity index (χ0n) is 7.90. The standard InChI is InChI=1S/C11H9ClO3/c12-8-3-1-2-7(6-8)10(13)9-4-5-15-11(9)14/h1-3,6,9H,4-5H2/t9-/m0/s1. The summed E-state index contributed by atoms with van der Waals surface area (Å²) in [5.74, 6) is -1.29. The highest BCUT2D eigenvalue weighted by Crippen LogP contribution is 2.21. The van der Waals surface area contributed by atoms with Gasteiger partial charge in [0.15, 0.2) is 5.78 Å². The minimum Gasteiger partial charge on any atom is -0.465 e. The van der Waals surface area contributed by atoms with Crippen LogP contribution in [0, 0.1) is 5.92 Å². The number of rotatable bonds is 2. The number of cyclic esters (lactones) is 1. The third kappa shape index (κ3) is 2.02. The lowest BCUT2D eigenvalue weighted by Gasteiger charge is -2.04. The number of ether oxygens (including phenoxy) is 1. The fourth-order valence-corrected chi connectivity index (χ4v) is 1.77. The predicted octanol–water partition coefficient (Wildman–Crippen LogP) is 2.09. The van der Waals surface area contributed by atoms with Crippen molar-refractivity contribution in [3.05, 3.63) is 34.9 Å². The van der Waals surface area contributed by atoms with E-state index in [9.17, 15) is 9.59 Å². The molecule has 78 valence electrons. The molecule has 0 amide bonds. The molecule has 15 heavy (non-hydrogen) atoms. The van der Waals surface area contributed by atoms with Gasteiger partial charge in [0.1, 0.15) is 5.92 Å². The van der Waals surface area contributed by atoms with Crippen molar-refractivity contribution >= 4 is 23.4 Å². The second-order valence-electron chi connectivity index (χ2n) is 3.38. The number of halogens is 1. The Morgan fingerprint density at radius 2 is 2.27 bits per heavy atom. The molecule has 3 nitrogen and oxygen atoms in total. The second-order valence-corrected chi connectivity index (χ2v) is 3.82. The van der Waals surface area contributed by atoms with Crippen LogP contribution in [0.15, 0.2) is 24.3 Å². The van der Waals surface area contributed by atoms with E-state index in [-0.39, 0.29) is 5.78 Å². The zero-order valence-corrected chi connectivity index (χ0v) is 8.66. The Balaban J connectivity index is 2.24. The average molecular weight is 225 g/mol. The molecule has 0 saturated carbocycles. The molecule has 4 heteroatoms. The minimum absolute atomic E-state index is 0.208. The van der Waals surface area contributed by atoms with E-state index in [0.29, 0.717) is 23.6 Å². The van der Waals surface area contributed by atoms with E-state index in [1.54, 1.807) is 24.3 Å². The predicted molar refractivity (Wildman–Crippen MR) is 54.8 cm³/mol. The summed E-state index contributed by atoms with van der Waals surface area (Å²) in [4.78, 5) is 23.0. The lowest BCUT2D eigenvalue weighted by molar-refractivity contribution is -0.140. The number of hydrogen-bond acceptors (Lipinski definition) is 3. The topological polar surface area (TPSA) is 43.4 Å². The Labute approximate surface area is 92.0 Å². The average Bonchev–Trinajstić information content (AvgIpc) is 2.63. The molecular formula is C11H9ClO3. The molecule has 0 radical (unpaired) electrons. The Morgan fingerprint density at radius 1 is 1.47 bits per heavy atom. The van der Waals surface area contributed by atoms with Gasteiger partial charge in [-0.05, 0) is 12.1 Å². The van der Waals surface area contributed by atoms with E-state index >= 15 is 0 Å². The van der Waals surface area contributed by atoms with Gasteiger partial charge in [-0.3, -0.25) is 9.59 Å². The number of carbonyl (C=O) groups is 2. The van der Waals surface area contributed by atoms with Crippen LogP contribution in [0.25, 0.3) is 0 Å². The molecule has 0 aromatic heterocycles. The van der Waals surface area contributed by atoms with Crippen LogP contribution in [0.1, 0.15) is 16.8 Å². The molecule has 0 N–H and O–H groups in total. The van der Waals surface area contributed by atoms with Gasteiger partial charge in [0.25, 0.3) is 0 Å². The third-order valence-electron chi connectivity index (χ3n) is 2.36. The summed E-state index contributed by atoms with van der Waals surface area (Å²) < 4.78 is 4.75. The van der Waals surface area contributed by atoms with Crippen molar-refractivity contribution in [2.24, 2.45) is 5.92 Å². The summed E-state index contributed by atoms with van der Waals surface area (Å²) in [6, 6.07) is 6.59. The molecule has 1 aliphatic rings. The van der Waals surface area contributed by atoms with Gasteiger partial charge >= 0.3 is 5.97 Å². The van der Waals surface area contributed by atoms with E-state index in [0.717, 1.165) is 0 Å². The highest BCUT2D eigenvalue weighted by Gasteiger charge is 2.33. The molecule has 0 spiro atoms. The summed E-state index contributed by atoms with van der Waals surface area (Å²) in [5, 5.41) is 0.493. The van der Waals surface area contributed by atoms with E-state index < -0.39 is 11.9 Å². The largest absolute Gasteiger partial charge is 0.465 e. The lowest BCUT2D eigenvalue weighted by atomic mass is 9.97. The molecule has 0 aliphatic carbocycles. The molecule has 0 bridgehead atoms. The van der Waals surface area contributed by atoms with Crippen molar-refractivity contribution in [3.63, 3.8) is 0 Å². The summed E-state index contributed by atoms with van der Waals surface area (Å²) in [6.07, 6.45) is 0.462. The molecule has 0 unspecified atom stereocenters. The fourth-order valence-electron chi connectivity index (χ4n) is 1.58. The quantitative estimate of drug-likeness (QED) is 0.439. The Hall–Kier alpha value is -1.35. The number of carbonyl (C=O) groups excluding carboxylic acids is 2. The van der Waals surface area contributed by atoms with Gasteiger partial charge in [-0.2, -0.15) is 0 Å². The smallest absolute Gasteiger partial charge is 0.316 e. The summed E-state index contributed by atoms with van der Waals surface area (Å²) in [5.41, 5.74) is 0.464. The normalized spacial score (nSPS) is 20.1. The van der Waals surface area contributed by atoms with E-state index in [2.05, 4.69) is 0 Å². The van der Waals surface area contributed by atoms with Crippen molar-refractivity contribution in [1.82, 2.24) is 0 Å². The minimum atomic E-state index is -0.650. The maximum Gasteiger partial charge on any atom is 0.316 e. The zero-order chi connectivity index (χ0) is 10.8. The number of Topliss-reactive ketones (excluding diaryl/α,β-unsaturated/α-hetero) is 1. The highest BCUT2D eigenvalue weighted by molar-refractivity contribution is 6.31. The Kier molecular flexibility index (Phi) is 2.73. The first-order chi connectivity index (χ1) is 7.18. The SMILES string of the molecule is O=C1OCC[C@H]1C(=O)c1cccc(Cl)c1. The van der Waals surface area contributed by atoms with Crippen molar-refractivity contribution < 1.29 is 14.3 Å². The van der Waals surface area contributed by atoms with E-state index in [1.807, 2.05) is 0 Å². The first-order valence-electron chi connectivity index (χ1n) is 4.65. The van der Waals surface area contributed by atoms with Gasteiger partial charge in [0.2, 0.25) is 0 Å². The van der Waals surface area contributed by atoms with Crippen LogP contribution in [0.2, 0.25) is 5.02 Å². The lowest BCUT2D eigenvalue weighted by Crippen LogP contribution is -2.19.